The van der Waals surface area contributed by atoms with Gasteiger partial charge in [-0.05, 0) is 74.9 Å². The molecule has 43 heavy (non-hydrogen) atoms. The number of carboxylic acid groups (broad SMARTS) is 1. The molecule has 0 bridgehead atoms. The van der Waals surface area contributed by atoms with Crippen LogP contribution in [0.5, 0.6) is 0 Å². The molecule has 0 atom stereocenters. The van der Waals surface area contributed by atoms with E-state index in [-0.39, 0.29) is 16.7 Å². The minimum Gasteiger partial charge on any atom is -0.479 e. The van der Waals surface area contributed by atoms with Crippen LogP contribution in [-0.4, -0.2) is 70.1 Å². The second kappa shape index (κ2) is 14.6. The molecule has 0 saturated heterocycles. The first-order valence-corrected chi connectivity index (χ1v) is 13.1. The average molecular weight is 610 g/mol. The van der Waals surface area contributed by atoms with E-state index in [9.17, 15) is 24.0 Å². The molecule has 0 saturated carbocycles. The first-order chi connectivity index (χ1) is 20.4. The van der Waals surface area contributed by atoms with Crippen LogP contribution in [0.15, 0.2) is 84.0 Å². The third-order valence-corrected chi connectivity index (χ3v) is 5.74. The van der Waals surface area contributed by atoms with Gasteiger partial charge in [0.15, 0.2) is 0 Å². The highest BCUT2D eigenvalue weighted by molar-refractivity contribution is 6.30. The van der Waals surface area contributed by atoms with Crippen molar-refractivity contribution in [3.8, 4) is 0 Å². The number of nitrogens with zero attached hydrogens (tertiary/aromatic N) is 3. The number of ether oxygens (including phenoxy) is 2. The van der Waals surface area contributed by atoms with Crippen molar-refractivity contribution in [1.82, 2.24) is 10.0 Å². The molecule has 13 heteroatoms. The molecule has 0 unspecified atom stereocenters. The highest BCUT2D eigenvalue weighted by Gasteiger charge is 2.41. The van der Waals surface area contributed by atoms with Crippen LogP contribution in [0, 0.1) is 0 Å². The predicted octanol–water partition coefficient (Wildman–Crippen LogP) is 5.02. The van der Waals surface area contributed by atoms with E-state index < -0.39 is 48.8 Å². The molecular weight excluding hydrogens is 582 g/mol. The maximum Gasteiger partial charge on any atom is 0.439 e. The monoisotopic (exact) mass is 609 g/mol. The van der Waals surface area contributed by atoms with Gasteiger partial charge >= 0.3 is 18.0 Å². The Morgan fingerprint density at radius 1 is 0.814 bits per heavy atom. The highest BCUT2D eigenvalue weighted by atomic mass is 35.5. The number of benzene rings is 3. The van der Waals surface area contributed by atoms with Gasteiger partial charge in [-0.15, -0.1) is 5.01 Å². The lowest BCUT2D eigenvalue weighted by molar-refractivity contribution is -0.142. The number of aliphatic carboxylic acids is 1. The van der Waals surface area contributed by atoms with E-state index >= 15 is 0 Å². The maximum atomic E-state index is 13.6. The molecule has 0 aliphatic rings. The standard InChI is InChI=1S/C30H28ClN3O9/c1-30(2,3)34(27(38)21-7-5-4-6-8-21)33(26(37)22-13-15-24(31)16-14-22)29(40)42-19-41-28(39)23-11-9-20(10-12-23)17-32-43-18-25(35)36/h4-17H,18-19H2,1-3H3,(H,35,36). The molecule has 0 fully saturated rings. The third-order valence-electron chi connectivity index (χ3n) is 5.49. The predicted molar refractivity (Wildman–Crippen MR) is 154 cm³/mol. The summed E-state index contributed by atoms with van der Waals surface area (Å²) in [6, 6.07) is 19.6. The normalized spacial score (nSPS) is 11.0. The Hall–Kier alpha value is -5.23. The molecule has 0 aromatic heterocycles. The second-order valence-corrected chi connectivity index (χ2v) is 10.2. The van der Waals surface area contributed by atoms with Gasteiger partial charge in [0.1, 0.15) is 0 Å². The average Bonchev–Trinajstić information content (AvgIpc) is 2.97. The van der Waals surface area contributed by atoms with E-state index in [4.69, 9.17) is 26.2 Å². The largest absolute Gasteiger partial charge is 0.479 e. The van der Waals surface area contributed by atoms with Crippen molar-refractivity contribution in [3.63, 3.8) is 0 Å². The third kappa shape index (κ3) is 9.13. The van der Waals surface area contributed by atoms with Crippen molar-refractivity contribution in [2.24, 2.45) is 5.16 Å². The summed E-state index contributed by atoms with van der Waals surface area (Å²) in [7, 11) is 0. The van der Waals surface area contributed by atoms with Crippen molar-refractivity contribution in [3.05, 3.63) is 106 Å². The Kier molecular flexibility index (Phi) is 11.0. The molecule has 3 rings (SSSR count). The van der Waals surface area contributed by atoms with Gasteiger partial charge in [0, 0.05) is 16.1 Å². The minimum absolute atomic E-state index is 0.0467. The quantitative estimate of drug-likeness (QED) is 0.152. The zero-order chi connectivity index (χ0) is 31.6. The van der Waals surface area contributed by atoms with Crippen molar-refractivity contribution < 1.29 is 43.4 Å². The Morgan fingerprint density at radius 3 is 1.98 bits per heavy atom. The molecule has 0 radical (unpaired) electrons. The number of amides is 3. The van der Waals surface area contributed by atoms with E-state index in [1.54, 1.807) is 51.1 Å². The number of rotatable bonds is 9. The van der Waals surface area contributed by atoms with Crippen LogP contribution in [0.25, 0.3) is 0 Å². The van der Waals surface area contributed by atoms with Crippen LogP contribution in [-0.2, 0) is 19.1 Å². The molecule has 0 aliphatic heterocycles. The summed E-state index contributed by atoms with van der Waals surface area (Å²) in [5, 5.41) is 13.9. The van der Waals surface area contributed by atoms with Crippen molar-refractivity contribution in [2.45, 2.75) is 26.3 Å². The first kappa shape index (κ1) is 32.3. The number of esters is 1. The SMILES string of the molecule is CC(C)(C)N(C(=O)c1ccccc1)N(C(=O)OCOC(=O)c1ccc(C=NOCC(=O)O)cc1)C(=O)c1ccc(Cl)cc1. The number of carbonyl (C=O) groups excluding carboxylic acids is 4. The van der Waals surface area contributed by atoms with Crippen LogP contribution in [0.3, 0.4) is 0 Å². The van der Waals surface area contributed by atoms with E-state index in [0.717, 1.165) is 5.01 Å². The molecule has 3 aromatic carbocycles. The Bertz CT molecular complexity index is 1490. The smallest absolute Gasteiger partial charge is 0.439 e. The number of hydrazine groups is 1. The number of oxime groups is 1. The lowest BCUT2D eigenvalue weighted by atomic mass is 10.1. The maximum absolute atomic E-state index is 13.6. The van der Waals surface area contributed by atoms with Crippen LogP contribution in [0.1, 0.15) is 57.4 Å². The van der Waals surface area contributed by atoms with Gasteiger partial charge in [-0.3, -0.25) is 9.59 Å². The van der Waals surface area contributed by atoms with Gasteiger partial charge in [-0.2, -0.15) is 0 Å². The fourth-order valence-electron chi connectivity index (χ4n) is 3.54. The molecule has 3 amide bonds. The Labute approximate surface area is 252 Å². The van der Waals surface area contributed by atoms with Gasteiger partial charge in [-0.25, -0.2) is 19.4 Å². The summed E-state index contributed by atoms with van der Waals surface area (Å²) in [6.07, 6.45) is -0.0102. The van der Waals surface area contributed by atoms with Crippen molar-refractivity contribution in [2.75, 3.05) is 13.4 Å². The number of carbonyl (C=O) groups is 5. The summed E-state index contributed by atoms with van der Waals surface area (Å²) in [4.78, 5) is 68.2. The molecule has 12 nitrogen and oxygen atoms in total. The number of hydrogen-bond donors (Lipinski definition) is 1. The Balaban J connectivity index is 1.77. The summed E-state index contributed by atoms with van der Waals surface area (Å²) in [6.45, 7) is 3.43. The molecule has 224 valence electrons. The molecule has 1 N–H and O–H groups in total. The zero-order valence-electron chi connectivity index (χ0n) is 23.4. The number of imide groups is 1. The van der Waals surface area contributed by atoms with Crippen molar-refractivity contribution in [1.29, 1.82) is 0 Å². The van der Waals surface area contributed by atoms with Gasteiger partial charge in [-0.1, -0.05) is 47.1 Å². The van der Waals surface area contributed by atoms with Crippen LogP contribution < -0.4 is 0 Å². The summed E-state index contributed by atoms with van der Waals surface area (Å²) in [5.41, 5.74) is -0.216. The number of hydrogen-bond acceptors (Lipinski definition) is 9. The first-order valence-electron chi connectivity index (χ1n) is 12.7. The van der Waals surface area contributed by atoms with E-state index in [0.29, 0.717) is 15.6 Å². The summed E-state index contributed by atoms with van der Waals surface area (Å²) >= 11 is 5.96. The van der Waals surface area contributed by atoms with Gasteiger partial charge < -0.3 is 19.4 Å². The topological polar surface area (TPSA) is 152 Å². The van der Waals surface area contributed by atoms with E-state index in [2.05, 4.69) is 9.99 Å². The number of halogens is 1. The van der Waals surface area contributed by atoms with E-state index in [1.165, 1.54) is 54.7 Å². The van der Waals surface area contributed by atoms with Crippen molar-refractivity contribution >= 4 is 47.7 Å². The van der Waals surface area contributed by atoms with Crippen LogP contribution in [0.2, 0.25) is 5.02 Å². The summed E-state index contributed by atoms with van der Waals surface area (Å²) in [5.74, 6) is -3.55. The molecule has 0 spiro atoms. The minimum atomic E-state index is -1.26. The van der Waals surface area contributed by atoms with Gasteiger partial charge in [0.25, 0.3) is 11.8 Å². The van der Waals surface area contributed by atoms with E-state index in [1.807, 2.05) is 0 Å². The summed E-state index contributed by atoms with van der Waals surface area (Å²) < 4.78 is 10.2. The van der Waals surface area contributed by atoms with Gasteiger partial charge in [0.05, 0.1) is 17.3 Å². The molecule has 0 aliphatic carbocycles. The fourth-order valence-corrected chi connectivity index (χ4v) is 3.67. The highest BCUT2D eigenvalue weighted by Crippen LogP contribution is 2.24. The molecular formula is C30H28ClN3O9. The lowest BCUT2D eigenvalue weighted by Gasteiger charge is -2.41. The Morgan fingerprint density at radius 2 is 1.40 bits per heavy atom. The number of carboxylic acids is 1. The fraction of sp³-hybridized carbons (Fsp3) is 0.200. The van der Waals surface area contributed by atoms with Gasteiger partial charge in [0.2, 0.25) is 13.4 Å². The zero-order valence-corrected chi connectivity index (χ0v) is 24.2. The second-order valence-electron chi connectivity index (χ2n) is 9.76. The molecule has 0 heterocycles. The lowest BCUT2D eigenvalue weighted by Crippen LogP contribution is -2.60. The molecule has 3 aromatic rings. The van der Waals surface area contributed by atoms with Crippen LogP contribution in [0.4, 0.5) is 4.79 Å². The van der Waals surface area contributed by atoms with Crippen LogP contribution >= 0.6 is 11.6 Å².